The molecule has 0 spiro atoms. The maximum absolute atomic E-state index is 10.00. The second kappa shape index (κ2) is 5.34. The molecule has 0 aliphatic rings. The Morgan fingerprint density at radius 1 is 1.70 bits per heavy atom. The first-order valence-electron chi connectivity index (χ1n) is 3.11. The summed E-state index contributed by atoms with van der Waals surface area (Å²) in [5, 5.41) is 0. The van der Waals surface area contributed by atoms with Gasteiger partial charge in [-0.1, -0.05) is 0 Å². The molecular formula is C6H12NO3. The molecule has 0 aromatic rings. The Morgan fingerprint density at radius 3 is 2.60 bits per heavy atom. The van der Waals surface area contributed by atoms with E-state index in [1.165, 1.54) is 0 Å². The number of ether oxygens (including phenoxy) is 2. The van der Waals surface area contributed by atoms with Gasteiger partial charge in [0.15, 0.2) is 0 Å². The van der Waals surface area contributed by atoms with Gasteiger partial charge in [-0.2, -0.15) is 0 Å². The lowest BCUT2D eigenvalue weighted by molar-refractivity contribution is -0.121. The summed E-state index contributed by atoms with van der Waals surface area (Å²) in [5.74, 6) is 0. The Bertz CT molecular complexity index is 95.0. The second-order valence-corrected chi connectivity index (χ2v) is 1.75. The van der Waals surface area contributed by atoms with Crippen molar-refractivity contribution in [2.75, 3.05) is 6.61 Å². The van der Waals surface area contributed by atoms with Crippen molar-refractivity contribution >= 4 is 6.29 Å². The quantitative estimate of drug-likeness (QED) is 0.545. The fourth-order valence-corrected chi connectivity index (χ4v) is 0.447. The fraction of sp³-hybridized carbons (Fsp3) is 0.833. The Labute approximate surface area is 60.3 Å². The van der Waals surface area contributed by atoms with Crippen molar-refractivity contribution in [3.05, 3.63) is 0 Å². The van der Waals surface area contributed by atoms with Crippen LogP contribution in [0.25, 0.3) is 0 Å². The predicted molar refractivity (Wildman–Crippen MR) is 35.8 cm³/mol. The normalized spacial score (nSPS) is 16.3. The number of nitrogens with two attached hydrogens (primary N) is 1. The standard InChI is InChI=1S/C6H12NO3/c1-3-9-6(4-8)10-5(2)7/h5-6H,3,7H2,1-2H3. The summed E-state index contributed by atoms with van der Waals surface area (Å²) in [5.41, 5.74) is 5.22. The molecular weight excluding hydrogens is 134 g/mol. The highest BCUT2D eigenvalue weighted by Gasteiger charge is 2.09. The van der Waals surface area contributed by atoms with Crippen LogP contribution < -0.4 is 5.73 Å². The summed E-state index contributed by atoms with van der Waals surface area (Å²) in [7, 11) is 0. The Kier molecular flexibility index (Phi) is 5.10. The van der Waals surface area contributed by atoms with E-state index in [4.69, 9.17) is 15.2 Å². The van der Waals surface area contributed by atoms with Crippen LogP contribution in [0.2, 0.25) is 0 Å². The minimum Gasteiger partial charge on any atom is -0.346 e. The first-order valence-corrected chi connectivity index (χ1v) is 3.11. The molecule has 2 N–H and O–H groups in total. The molecule has 1 radical (unpaired) electrons. The largest absolute Gasteiger partial charge is 0.346 e. The summed E-state index contributed by atoms with van der Waals surface area (Å²) in [6.45, 7) is 3.78. The molecule has 0 rings (SSSR count). The minimum absolute atomic E-state index is 0.409. The van der Waals surface area contributed by atoms with Gasteiger partial charge in [0.25, 0.3) is 6.29 Å². The van der Waals surface area contributed by atoms with Crippen LogP contribution in [0, 0.1) is 0 Å². The zero-order valence-corrected chi connectivity index (χ0v) is 6.16. The summed E-state index contributed by atoms with van der Waals surface area (Å²) in [6.07, 6.45) is 0.118. The lowest BCUT2D eigenvalue weighted by atomic mass is 10.6. The van der Waals surface area contributed by atoms with Crippen molar-refractivity contribution in [3.8, 4) is 0 Å². The van der Waals surface area contributed by atoms with E-state index in [-0.39, 0.29) is 0 Å². The number of rotatable bonds is 5. The summed E-state index contributed by atoms with van der Waals surface area (Å²) >= 11 is 0. The van der Waals surface area contributed by atoms with Gasteiger partial charge in [-0.15, -0.1) is 0 Å². The fourth-order valence-electron chi connectivity index (χ4n) is 0.447. The Hall–Kier alpha value is -0.450. The Balaban J connectivity index is 3.49. The number of carbonyl (C=O) groups excluding carboxylic acids is 1. The van der Waals surface area contributed by atoms with Crippen LogP contribution in [-0.4, -0.2) is 25.4 Å². The van der Waals surface area contributed by atoms with Gasteiger partial charge < -0.3 is 15.2 Å². The molecule has 4 nitrogen and oxygen atoms in total. The topological polar surface area (TPSA) is 61.5 Å². The maximum Gasteiger partial charge on any atom is 0.259 e. The molecule has 2 atom stereocenters. The molecule has 0 aliphatic heterocycles. The summed E-state index contributed by atoms with van der Waals surface area (Å²) < 4.78 is 9.55. The minimum atomic E-state index is -0.940. The van der Waals surface area contributed by atoms with Gasteiger partial charge in [-0.25, -0.2) is 0 Å². The van der Waals surface area contributed by atoms with E-state index in [1.807, 2.05) is 0 Å². The third-order valence-corrected chi connectivity index (χ3v) is 0.753. The monoisotopic (exact) mass is 146 g/mol. The van der Waals surface area contributed by atoms with E-state index >= 15 is 0 Å². The van der Waals surface area contributed by atoms with Crippen LogP contribution >= 0.6 is 0 Å². The van der Waals surface area contributed by atoms with Gasteiger partial charge in [0, 0.05) is 6.61 Å². The van der Waals surface area contributed by atoms with Gasteiger partial charge in [-0.3, -0.25) is 4.79 Å². The van der Waals surface area contributed by atoms with E-state index < -0.39 is 12.5 Å². The number of hydrogen-bond donors (Lipinski definition) is 1. The van der Waals surface area contributed by atoms with E-state index in [1.54, 1.807) is 20.1 Å². The first kappa shape index (κ1) is 9.55. The van der Waals surface area contributed by atoms with Gasteiger partial charge in [0.2, 0.25) is 6.29 Å². The van der Waals surface area contributed by atoms with Crippen LogP contribution in [0.3, 0.4) is 0 Å². The van der Waals surface area contributed by atoms with E-state index in [9.17, 15) is 4.79 Å². The highest BCUT2D eigenvalue weighted by atomic mass is 16.7. The van der Waals surface area contributed by atoms with E-state index in [0.717, 1.165) is 0 Å². The van der Waals surface area contributed by atoms with Gasteiger partial charge in [-0.05, 0) is 13.8 Å². The number of hydrogen-bond acceptors (Lipinski definition) is 4. The Morgan fingerprint density at radius 2 is 2.30 bits per heavy atom. The zero-order chi connectivity index (χ0) is 7.98. The van der Waals surface area contributed by atoms with Gasteiger partial charge in [0.1, 0.15) is 6.23 Å². The van der Waals surface area contributed by atoms with Gasteiger partial charge >= 0.3 is 0 Å². The first-order chi connectivity index (χ1) is 4.70. The molecule has 0 aliphatic carbocycles. The molecule has 0 bridgehead atoms. The van der Waals surface area contributed by atoms with Crippen molar-refractivity contribution in [2.24, 2.45) is 5.73 Å². The second-order valence-electron chi connectivity index (χ2n) is 1.75. The highest BCUT2D eigenvalue weighted by molar-refractivity contribution is 5.54. The van der Waals surface area contributed by atoms with Crippen molar-refractivity contribution in [1.82, 2.24) is 0 Å². The molecule has 0 heterocycles. The molecule has 0 aromatic carbocycles. The third kappa shape index (κ3) is 4.43. The molecule has 0 fully saturated rings. The molecule has 59 valence electrons. The smallest absolute Gasteiger partial charge is 0.259 e. The average molecular weight is 146 g/mol. The molecule has 2 unspecified atom stereocenters. The van der Waals surface area contributed by atoms with Crippen LogP contribution in [-0.2, 0) is 14.3 Å². The maximum atomic E-state index is 10.00. The van der Waals surface area contributed by atoms with Crippen molar-refractivity contribution in [2.45, 2.75) is 26.4 Å². The van der Waals surface area contributed by atoms with Crippen LogP contribution in [0.15, 0.2) is 0 Å². The van der Waals surface area contributed by atoms with Crippen LogP contribution in [0.5, 0.6) is 0 Å². The lowest BCUT2D eigenvalue weighted by Crippen LogP contribution is -2.29. The molecule has 0 saturated heterocycles. The van der Waals surface area contributed by atoms with Crippen molar-refractivity contribution < 1.29 is 14.3 Å². The molecule has 4 heteroatoms. The zero-order valence-electron chi connectivity index (χ0n) is 6.16. The summed E-state index contributed by atoms with van der Waals surface area (Å²) in [6, 6.07) is 0. The molecule has 10 heavy (non-hydrogen) atoms. The van der Waals surface area contributed by atoms with Crippen molar-refractivity contribution in [1.29, 1.82) is 0 Å². The lowest BCUT2D eigenvalue weighted by Gasteiger charge is -2.12. The summed E-state index contributed by atoms with van der Waals surface area (Å²) in [4.78, 5) is 10.00. The average Bonchev–Trinajstić information content (AvgIpc) is 1.86. The highest BCUT2D eigenvalue weighted by Crippen LogP contribution is 1.92. The van der Waals surface area contributed by atoms with E-state index in [0.29, 0.717) is 6.61 Å². The third-order valence-electron chi connectivity index (χ3n) is 0.753. The molecule has 0 saturated carbocycles. The van der Waals surface area contributed by atoms with Crippen molar-refractivity contribution in [3.63, 3.8) is 0 Å². The SMILES string of the molecule is CCOC([C]=O)OC(C)N. The van der Waals surface area contributed by atoms with Crippen LogP contribution in [0.4, 0.5) is 0 Å². The molecule has 0 aromatic heterocycles. The predicted octanol–water partition coefficient (Wildman–Crippen LogP) is -0.220. The molecule has 0 amide bonds. The van der Waals surface area contributed by atoms with Crippen LogP contribution in [0.1, 0.15) is 13.8 Å². The van der Waals surface area contributed by atoms with E-state index in [2.05, 4.69) is 0 Å². The van der Waals surface area contributed by atoms with Gasteiger partial charge in [0.05, 0.1) is 0 Å².